The topological polar surface area (TPSA) is 47.0 Å². The molecule has 0 saturated heterocycles. The molecule has 1 aromatic heterocycles. The highest BCUT2D eigenvalue weighted by molar-refractivity contribution is 5.27. The van der Waals surface area contributed by atoms with Crippen molar-refractivity contribution in [1.29, 1.82) is 0 Å². The summed E-state index contributed by atoms with van der Waals surface area (Å²) < 4.78 is 18.4. The monoisotopic (exact) mass is 275 g/mol. The molecule has 2 rings (SSSR count). The minimum atomic E-state index is -0.346. The van der Waals surface area contributed by atoms with Crippen LogP contribution in [0.15, 0.2) is 36.4 Å². The average molecular weight is 275 g/mol. The van der Waals surface area contributed by atoms with E-state index < -0.39 is 0 Å². The fraction of sp³-hybridized carbons (Fsp3) is 0.333. The molecule has 0 fully saturated rings. The molecule has 2 aromatic rings. The van der Waals surface area contributed by atoms with E-state index in [-0.39, 0.29) is 11.4 Å². The Morgan fingerprint density at radius 3 is 2.55 bits per heavy atom. The summed E-state index contributed by atoms with van der Waals surface area (Å²) >= 11 is 0. The van der Waals surface area contributed by atoms with Crippen LogP contribution in [0.4, 0.5) is 4.39 Å². The summed E-state index contributed by atoms with van der Waals surface area (Å²) in [6.07, 6.45) is 0. The van der Waals surface area contributed by atoms with Crippen LogP contribution in [-0.4, -0.2) is 15.7 Å². The molecular weight excluding hydrogens is 257 g/mol. The van der Waals surface area contributed by atoms with Gasteiger partial charge in [-0.25, -0.2) is 4.39 Å². The molecule has 0 amide bonds. The molecule has 0 unspecified atom stereocenters. The molecule has 0 saturated carbocycles. The highest BCUT2D eigenvalue weighted by Crippen LogP contribution is 2.19. The zero-order valence-electron chi connectivity index (χ0n) is 11.9. The summed E-state index contributed by atoms with van der Waals surface area (Å²) in [6, 6.07) is 9.47. The van der Waals surface area contributed by atoms with Gasteiger partial charge in [-0.1, -0.05) is 6.07 Å². The Morgan fingerprint density at radius 1 is 1.15 bits per heavy atom. The molecule has 4 nitrogen and oxygen atoms in total. The van der Waals surface area contributed by atoms with Crippen LogP contribution in [0, 0.1) is 5.82 Å². The van der Waals surface area contributed by atoms with Gasteiger partial charge in [-0.3, -0.25) is 0 Å². The number of benzene rings is 1. The van der Waals surface area contributed by atoms with E-state index in [9.17, 15) is 4.39 Å². The minimum Gasteiger partial charge on any atom is -0.437 e. The van der Waals surface area contributed by atoms with Crippen molar-refractivity contribution in [1.82, 2.24) is 15.5 Å². The van der Waals surface area contributed by atoms with E-state index in [1.54, 1.807) is 18.2 Å². The number of halogens is 1. The molecule has 0 radical (unpaired) electrons. The van der Waals surface area contributed by atoms with Gasteiger partial charge in [-0.15, -0.1) is 5.10 Å². The second kappa shape index (κ2) is 5.96. The number of hydrogen-bond acceptors (Lipinski definition) is 4. The summed E-state index contributed by atoms with van der Waals surface area (Å²) in [4.78, 5) is 0. The summed E-state index contributed by atoms with van der Waals surface area (Å²) in [5.74, 6) is 0.399. The normalized spacial score (nSPS) is 11.4. The maximum absolute atomic E-state index is 13.0. The SMILES string of the molecule is CC(C)(C)NCc1ccc(Oc2cccc(F)c2)nn1. The predicted molar refractivity (Wildman–Crippen MR) is 75.1 cm³/mol. The van der Waals surface area contributed by atoms with Crippen LogP contribution in [0.2, 0.25) is 0 Å². The number of hydrogen-bond donors (Lipinski definition) is 1. The van der Waals surface area contributed by atoms with E-state index in [1.165, 1.54) is 12.1 Å². The first kappa shape index (κ1) is 14.4. The number of rotatable bonds is 4. The molecule has 5 heteroatoms. The maximum atomic E-state index is 13.0. The standard InChI is InChI=1S/C15H18FN3O/c1-15(2,3)17-10-12-7-8-14(19-18-12)20-13-6-4-5-11(16)9-13/h4-9,17H,10H2,1-3H3. The Morgan fingerprint density at radius 2 is 1.95 bits per heavy atom. The molecule has 0 aliphatic rings. The first-order valence-electron chi connectivity index (χ1n) is 6.43. The molecule has 1 aromatic carbocycles. The first-order chi connectivity index (χ1) is 9.42. The van der Waals surface area contributed by atoms with E-state index in [0.29, 0.717) is 18.2 Å². The highest BCUT2D eigenvalue weighted by atomic mass is 19.1. The Balaban J connectivity index is 1.98. The second-order valence-corrected chi connectivity index (χ2v) is 5.53. The van der Waals surface area contributed by atoms with Crippen LogP contribution in [-0.2, 0) is 6.54 Å². The zero-order valence-corrected chi connectivity index (χ0v) is 11.9. The average Bonchev–Trinajstić information content (AvgIpc) is 2.37. The molecule has 0 spiro atoms. The second-order valence-electron chi connectivity index (χ2n) is 5.53. The third-order valence-corrected chi connectivity index (χ3v) is 2.51. The van der Waals surface area contributed by atoms with Gasteiger partial charge in [-0.2, -0.15) is 5.10 Å². The molecule has 20 heavy (non-hydrogen) atoms. The predicted octanol–water partition coefficient (Wildman–Crippen LogP) is 3.30. The van der Waals surface area contributed by atoms with Crippen LogP contribution in [0.25, 0.3) is 0 Å². The van der Waals surface area contributed by atoms with Gasteiger partial charge in [0.15, 0.2) is 0 Å². The van der Waals surface area contributed by atoms with Gasteiger partial charge in [-0.05, 0) is 39.0 Å². The summed E-state index contributed by atoms with van der Waals surface area (Å²) in [6.45, 7) is 6.89. The summed E-state index contributed by atoms with van der Waals surface area (Å²) in [5, 5.41) is 11.4. The number of nitrogens with one attached hydrogen (secondary N) is 1. The van der Waals surface area contributed by atoms with Crippen molar-refractivity contribution in [2.75, 3.05) is 0 Å². The molecule has 106 valence electrons. The Kier molecular flexibility index (Phi) is 4.29. The summed E-state index contributed by atoms with van der Waals surface area (Å²) in [5.41, 5.74) is 0.852. The lowest BCUT2D eigenvalue weighted by molar-refractivity contribution is 0.416. The third-order valence-electron chi connectivity index (χ3n) is 2.51. The number of nitrogens with zero attached hydrogens (tertiary/aromatic N) is 2. The van der Waals surface area contributed by atoms with Gasteiger partial charge >= 0.3 is 0 Å². The molecule has 1 N–H and O–H groups in total. The van der Waals surface area contributed by atoms with Gasteiger partial charge in [0, 0.05) is 24.2 Å². The maximum Gasteiger partial charge on any atom is 0.238 e. The third kappa shape index (κ3) is 4.59. The van der Waals surface area contributed by atoms with Gasteiger partial charge in [0.2, 0.25) is 5.88 Å². The quantitative estimate of drug-likeness (QED) is 0.930. The van der Waals surface area contributed by atoms with Crippen molar-refractivity contribution < 1.29 is 9.13 Å². The number of ether oxygens (including phenoxy) is 1. The summed E-state index contributed by atoms with van der Waals surface area (Å²) in [7, 11) is 0. The van der Waals surface area contributed by atoms with Crippen molar-refractivity contribution >= 4 is 0 Å². The van der Waals surface area contributed by atoms with Crippen molar-refractivity contribution in [3.63, 3.8) is 0 Å². The molecule has 0 aliphatic heterocycles. The van der Waals surface area contributed by atoms with Gasteiger partial charge < -0.3 is 10.1 Å². The van der Waals surface area contributed by atoms with E-state index in [0.717, 1.165) is 5.69 Å². The molecule has 0 bridgehead atoms. The number of aromatic nitrogens is 2. The fourth-order valence-corrected chi connectivity index (χ4v) is 1.50. The van der Waals surface area contributed by atoms with Crippen molar-refractivity contribution in [3.8, 4) is 11.6 Å². The van der Waals surface area contributed by atoms with Crippen molar-refractivity contribution in [2.24, 2.45) is 0 Å². The molecule has 0 atom stereocenters. The van der Waals surface area contributed by atoms with Crippen molar-refractivity contribution in [2.45, 2.75) is 32.9 Å². The molecular formula is C15H18FN3O. The highest BCUT2D eigenvalue weighted by Gasteiger charge is 2.09. The van der Waals surface area contributed by atoms with Gasteiger partial charge in [0.25, 0.3) is 0 Å². The van der Waals surface area contributed by atoms with E-state index in [2.05, 4.69) is 36.3 Å². The lowest BCUT2D eigenvalue weighted by Gasteiger charge is -2.19. The van der Waals surface area contributed by atoms with Gasteiger partial charge in [0.1, 0.15) is 11.6 Å². The van der Waals surface area contributed by atoms with Crippen LogP contribution in [0.3, 0.4) is 0 Å². The minimum absolute atomic E-state index is 0.0262. The lowest BCUT2D eigenvalue weighted by atomic mass is 10.1. The van der Waals surface area contributed by atoms with Gasteiger partial charge in [0.05, 0.1) is 5.69 Å². The molecule has 1 heterocycles. The van der Waals surface area contributed by atoms with E-state index in [4.69, 9.17) is 4.74 Å². The van der Waals surface area contributed by atoms with Crippen LogP contribution >= 0.6 is 0 Å². The smallest absolute Gasteiger partial charge is 0.238 e. The van der Waals surface area contributed by atoms with Crippen LogP contribution in [0.1, 0.15) is 26.5 Å². The first-order valence-corrected chi connectivity index (χ1v) is 6.43. The van der Waals surface area contributed by atoms with Crippen LogP contribution in [0.5, 0.6) is 11.6 Å². The zero-order chi connectivity index (χ0) is 14.6. The Bertz CT molecular complexity index is 564. The van der Waals surface area contributed by atoms with Crippen molar-refractivity contribution in [3.05, 3.63) is 47.9 Å². The molecule has 0 aliphatic carbocycles. The van der Waals surface area contributed by atoms with E-state index >= 15 is 0 Å². The van der Waals surface area contributed by atoms with E-state index in [1.807, 2.05) is 6.07 Å². The lowest BCUT2D eigenvalue weighted by Crippen LogP contribution is -2.35. The fourth-order valence-electron chi connectivity index (χ4n) is 1.50. The Labute approximate surface area is 118 Å². The Hall–Kier alpha value is -2.01. The van der Waals surface area contributed by atoms with Crippen LogP contribution < -0.4 is 10.1 Å². The largest absolute Gasteiger partial charge is 0.437 e.